The number of carbonyl (C=O) groups is 1. The number of benzene rings is 2. The molecule has 2 N–H and O–H groups in total. The standard InChI is InChI=1S/C15H13Cl2NO2/c1-9(10-2-4-11(16)5-3-10)18-12-6-7-13(15(19)20)14(17)8-12/h2-9,18H,1H3,(H,19,20). The van der Waals surface area contributed by atoms with Gasteiger partial charge in [0.05, 0.1) is 10.6 Å². The third kappa shape index (κ3) is 3.44. The zero-order chi connectivity index (χ0) is 14.7. The molecule has 2 aromatic carbocycles. The first-order chi connectivity index (χ1) is 9.47. The minimum atomic E-state index is -1.03. The van der Waals surface area contributed by atoms with Crippen molar-refractivity contribution in [2.75, 3.05) is 5.32 Å². The lowest BCUT2D eigenvalue weighted by Gasteiger charge is -2.16. The average Bonchev–Trinajstić information content (AvgIpc) is 2.39. The normalized spacial score (nSPS) is 11.9. The predicted molar refractivity (Wildman–Crippen MR) is 81.9 cm³/mol. The Hall–Kier alpha value is -1.71. The molecule has 2 rings (SSSR count). The van der Waals surface area contributed by atoms with Gasteiger partial charge < -0.3 is 10.4 Å². The Morgan fingerprint density at radius 1 is 1.15 bits per heavy atom. The van der Waals surface area contributed by atoms with E-state index >= 15 is 0 Å². The number of nitrogens with one attached hydrogen (secondary N) is 1. The Morgan fingerprint density at radius 3 is 2.35 bits per heavy atom. The molecule has 3 nitrogen and oxygen atoms in total. The molecule has 0 heterocycles. The fourth-order valence-corrected chi connectivity index (χ4v) is 2.25. The van der Waals surface area contributed by atoms with Gasteiger partial charge in [0.1, 0.15) is 0 Å². The summed E-state index contributed by atoms with van der Waals surface area (Å²) in [5, 5.41) is 13.1. The summed E-state index contributed by atoms with van der Waals surface area (Å²) in [5.41, 5.74) is 1.94. The van der Waals surface area contributed by atoms with Crippen molar-refractivity contribution in [1.29, 1.82) is 0 Å². The minimum Gasteiger partial charge on any atom is -0.478 e. The van der Waals surface area contributed by atoms with E-state index < -0.39 is 5.97 Å². The number of halogens is 2. The van der Waals surface area contributed by atoms with Crippen molar-refractivity contribution in [2.24, 2.45) is 0 Å². The molecular formula is C15H13Cl2NO2. The molecule has 0 fully saturated rings. The first-order valence-electron chi connectivity index (χ1n) is 6.02. The van der Waals surface area contributed by atoms with Gasteiger partial charge in [0.25, 0.3) is 0 Å². The van der Waals surface area contributed by atoms with E-state index in [1.54, 1.807) is 12.1 Å². The monoisotopic (exact) mass is 309 g/mol. The van der Waals surface area contributed by atoms with E-state index in [1.807, 2.05) is 31.2 Å². The van der Waals surface area contributed by atoms with Gasteiger partial charge in [0, 0.05) is 16.8 Å². The van der Waals surface area contributed by atoms with Crippen molar-refractivity contribution in [2.45, 2.75) is 13.0 Å². The van der Waals surface area contributed by atoms with Crippen molar-refractivity contribution in [3.8, 4) is 0 Å². The summed E-state index contributed by atoms with van der Waals surface area (Å²) in [4.78, 5) is 10.9. The van der Waals surface area contributed by atoms with Crippen LogP contribution < -0.4 is 5.32 Å². The first kappa shape index (κ1) is 14.7. The highest BCUT2D eigenvalue weighted by atomic mass is 35.5. The van der Waals surface area contributed by atoms with Crippen molar-refractivity contribution in [3.63, 3.8) is 0 Å². The van der Waals surface area contributed by atoms with Crippen LogP contribution in [0.25, 0.3) is 0 Å². The molecular weight excluding hydrogens is 297 g/mol. The molecule has 5 heteroatoms. The maximum Gasteiger partial charge on any atom is 0.337 e. The van der Waals surface area contributed by atoms with Crippen molar-refractivity contribution in [1.82, 2.24) is 0 Å². The van der Waals surface area contributed by atoms with Crippen LogP contribution in [0, 0.1) is 0 Å². The SMILES string of the molecule is CC(Nc1ccc(C(=O)O)c(Cl)c1)c1ccc(Cl)cc1. The zero-order valence-corrected chi connectivity index (χ0v) is 12.2. The molecule has 1 atom stereocenters. The number of aromatic carboxylic acids is 1. The number of anilines is 1. The van der Waals surface area contributed by atoms with E-state index in [-0.39, 0.29) is 16.6 Å². The summed E-state index contributed by atoms with van der Waals surface area (Å²) in [7, 11) is 0. The third-order valence-corrected chi connectivity index (χ3v) is 3.52. The van der Waals surface area contributed by atoms with E-state index in [0.717, 1.165) is 11.3 Å². The second-order valence-electron chi connectivity index (χ2n) is 4.42. The number of carboxylic acid groups (broad SMARTS) is 1. The zero-order valence-electron chi connectivity index (χ0n) is 10.7. The van der Waals surface area contributed by atoms with Gasteiger partial charge in [0.2, 0.25) is 0 Å². The smallest absolute Gasteiger partial charge is 0.337 e. The molecule has 0 aliphatic rings. The summed E-state index contributed by atoms with van der Waals surface area (Å²) < 4.78 is 0. The van der Waals surface area contributed by atoms with Gasteiger partial charge in [-0.05, 0) is 42.8 Å². The lowest BCUT2D eigenvalue weighted by Crippen LogP contribution is -2.07. The average molecular weight is 310 g/mol. The highest BCUT2D eigenvalue weighted by Crippen LogP contribution is 2.25. The highest BCUT2D eigenvalue weighted by molar-refractivity contribution is 6.33. The number of rotatable bonds is 4. The van der Waals surface area contributed by atoms with Crippen LogP contribution in [0.4, 0.5) is 5.69 Å². The van der Waals surface area contributed by atoms with Crippen molar-refractivity contribution in [3.05, 3.63) is 63.6 Å². The first-order valence-corrected chi connectivity index (χ1v) is 6.78. The second kappa shape index (κ2) is 6.16. The van der Waals surface area contributed by atoms with Crippen molar-refractivity contribution < 1.29 is 9.90 Å². The van der Waals surface area contributed by atoms with Crippen LogP contribution in [-0.4, -0.2) is 11.1 Å². The lowest BCUT2D eigenvalue weighted by molar-refractivity contribution is 0.0697. The molecule has 2 aromatic rings. The van der Waals surface area contributed by atoms with E-state index in [2.05, 4.69) is 5.32 Å². The van der Waals surface area contributed by atoms with Gasteiger partial charge in [-0.1, -0.05) is 35.3 Å². The maximum absolute atomic E-state index is 10.9. The summed E-state index contributed by atoms with van der Waals surface area (Å²) in [6.45, 7) is 2.00. The number of hydrogen-bond donors (Lipinski definition) is 2. The van der Waals surface area contributed by atoms with Crippen LogP contribution in [0.1, 0.15) is 28.9 Å². The largest absolute Gasteiger partial charge is 0.478 e. The van der Waals surface area contributed by atoms with Gasteiger partial charge in [-0.15, -0.1) is 0 Å². The molecule has 0 aliphatic heterocycles. The fourth-order valence-electron chi connectivity index (χ4n) is 1.86. The van der Waals surface area contributed by atoms with Gasteiger partial charge in [-0.25, -0.2) is 4.79 Å². The summed E-state index contributed by atoms with van der Waals surface area (Å²) >= 11 is 11.8. The molecule has 0 aromatic heterocycles. The molecule has 104 valence electrons. The molecule has 0 spiro atoms. The molecule has 0 bridgehead atoms. The van der Waals surface area contributed by atoms with Crippen LogP contribution in [0.5, 0.6) is 0 Å². The van der Waals surface area contributed by atoms with Crippen LogP contribution in [-0.2, 0) is 0 Å². The Kier molecular flexibility index (Phi) is 4.53. The van der Waals surface area contributed by atoms with Crippen LogP contribution in [0.2, 0.25) is 10.0 Å². The maximum atomic E-state index is 10.9. The van der Waals surface area contributed by atoms with E-state index in [1.165, 1.54) is 6.07 Å². The fraction of sp³-hybridized carbons (Fsp3) is 0.133. The Balaban J connectivity index is 2.15. The lowest BCUT2D eigenvalue weighted by atomic mass is 10.1. The minimum absolute atomic E-state index is 0.0546. The summed E-state index contributed by atoms with van der Waals surface area (Å²) in [6, 6.07) is 12.4. The number of hydrogen-bond acceptors (Lipinski definition) is 2. The number of carboxylic acids is 1. The molecule has 0 radical (unpaired) electrons. The summed E-state index contributed by atoms with van der Waals surface area (Å²) in [6.07, 6.45) is 0. The van der Waals surface area contributed by atoms with E-state index in [9.17, 15) is 4.79 Å². The highest BCUT2D eigenvalue weighted by Gasteiger charge is 2.10. The van der Waals surface area contributed by atoms with Crippen LogP contribution in [0.15, 0.2) is 42.5 Å². The summed E-state index contributed by atoms with van der Waals surface area (Å²) in [5.74, 6) is -1.03. The Bertz CT molecular complexity index is 626. The van der Waals surface area contributed by atoms with Crippen LogP contribution in [0.3, 0.4) is 0 Å². The molecule has 0 aliphatic carbocycles. The molecule has 0 saturated heterocycles. The second-order valence-corrected chi connectivity index (χ2v) is 5.26. The molecule has 0 amide bonds. The van der Waals surface area contributed by atoms with Crippen molar-refractivity contribution >= 4 is 34.9 Å². The van der Waals surface area contributed by atoms with Gasteiger partial charge in [0.15, 0.2) is 0 Å². The topological polar surface area (TPSA) is 49.3 Å². The molecule has 0 saturated carbocycles. The Labute approximate surface area is 127 Å². The predicted octanol–water partition coefficient (Wildman–Crippen LogP) is 4.86. The van der Waals surface area contributed by atoms with Crippen LogP contribution >= 0.6 is 23.2 Å². The quantitative estimate of drug-likeness (QED) is 0.847. The molecule has 20 heavy (non-hydrogen) atoms. The van der Waals surface area contributed by atoms with Gasteiger partial charge in [-0.3, -0.25) is 0 Å². The molecule has 1 unspecified atom stereocenters. The van der Waals surface area contributed by atoms with E-state index in [4.69, 9.17) is 28.3 Å². The van der Waals surface area contributed by atoms with Gasteiger partial charge in [-0.2, -0.15) is 0 Å². The van der Waals surface area contributed by atoms with E-state index in [0.29, 0.717) is 5.02 Å². The third-order valence-electron chi connectivity index (χ3n) is 2.95. The van der Waals surface area contributed by atoms with Gasteiger partial charge >= 0.3 is 5.97 Å². The Morgan fingerprint density at radius 2 is 1.80 bits per heavy atom.